The lowest BCUT2D eigenvalue weighted by Gasteiger charge is -2.33. The van der Waals surface area contributed by atoms with Crippen molar-refractivity contribution in [3.63, 3.8) is 0 Å². The molecule has 2 saturated heterocycles. The van der Waals surface area contributed by atoms with Crippen molar-refractivity contribution in [2.45, 2.75) is 45.2 Å². The Balaban J connectivity index is 1.80. The molecule has 130 valence electrons. The molecule has 0 aromatic carbocycles. The topological polar surface area (TPSA) is 79.0 Å². The van der Waals surface area contributed by atoms with Crippen LogP contribution in [0.3, 0.4) is 0 Å². The highest BCUT2D eigenvalue weighted by Gasteiger charge is 2.38. The van der Waals surface area contributed by atoms with Crippen LogP contribution in [0.5, 0.6) is 0 Å². The summed E-state index contributed by atoms with van der Waals surface area (Å²) < 4.78 is 4.80. The Morgan fingerprint density at radius 2 is 1.96 bits per heavy atom. The lowest BCUT2D eigenvalue weighted by atomic mass is 10.0. The van der Waals surface area contributed by atoms with Crippen LogP contribution in [0.15, 0.2) is 0 Å². The molecule has 3 amide bonds. The van der Waals surface area contributed by atoms with E-state index in [2.05, 4.69) is 5.32 Å². The van der Waals surface area contributed by atoms with E-state index in [4.69, 9.17) is 4.74 Å². The molecule has 0 aromatic heterocycles. The summed E-state index contributed by atoms with van der Waals surface area (Å²) in [4.78, 5) is 39.7. The second-order valence-corrected chi connectivity index (χ2v) is 6.64. The zero-order chi connectivity index (χ0) is 17.0. The normalized spacial score (nSPS) is 22.8. The summed E-state index contributed by atoms with van der Waals surface area (Å²) >= 11 is 0. The highest BCUT2D eigenvalue weighted by atomic mass is 16.5. The van der Waals surface area contributed by atoms with Gasteiger partial charge in [-0.05, 0) is 26.7 Å². The van der Waals surface area contributed by atoms with Crippen molar-refractivity contribution in [1.29, 1.82) is 0 Å². The van der Waals surface area contributed by atoms with E-state index in [1.165, 1.54) is 7.11 Å². The molecular formula is C16H27N3O4. The molecule has 0 saturated carbocycles. The Kier molecular flexibility index (Phi) is 5.98. The number of hydrogen-bond acceptors (Lipinski definition) is 4. The fourth-order valence-corrected chi connectivity index (χ4v) is 3.30. The van der Waals surface area contributed by atoms with Crippen molar-refractivity contribution in [3.05, 3.63) is 0 Å². The number of rotatable bonds is 5. The number of methoxy groups -OCH3 is 1. The molecule has 2 heterocycles. The van der Waals surface area contributed by atoms with Crippen molar-refractivity contribution in [3.8, 4) is 0 Å². The van der Waals surface area contributed by atoms with Crippen molar-refractivity contribution in [1.82, 2.24) is 15.1 Å². The predicted octanol–water partition coefficient (Wildman–Crippen LogP) is -0.00310. The Hall–Kier alpha value is -1.63. The third kappa shape index (κ3) is 4.43. The van der Waals surface area contributed by atoms with Gasteiger partial charge in [-0.15, -0.1) is 0 Å². The van der Waals surface area contributed by atoms with Gasteiger partial charge in [0.2, 0.25) is 17.7 Å². The van der Waals surface area contributed by atoms with Crippen LogP contribution < -0.4 is 5.32 Å². The molecule has 1 N–H and O–H groups in total. The molecule has 7 nitrogen and oxygen atoms in total. The second-order valence-electron chi connectivity index (χ2n) is 6.64. The minimum absolute atomic E-state index is 0.0639. The minimum atomic E-state index is -0.218. The average Bonchev–Trinajstić information content (AvgIpc) is 2.89. The van der Waals surface area contributed by atoms with Crippen LogP contribution in [-0.2, 0) is 19.1 Å². The van der Waals surface area contributed by atoms with E-state index < -0.39 is 0 Å². The van der Waals surface area contributed by atoms with Crippen LogP contribution in [0.25, 0.3) is 0 Å². The molecule has 1 atom stereocenters. The number of piperidine rings is 1. The third-order valence-corrected chi connectivity index (χ3v) is 4.58. The summed E-state index contributed by atoms with van der Waals surface area (Å²) in [5, 5.41) is 2.91. The zero-order valence-electron chi connectivity index (χ0n) is 14.2. The van der Waals surface area contributed by atoms with E-state index in [0.29, 0.717) is 26.1 Å². The van der Waals surface area contributed by atoms with Gasteiger partial charge in [0.25, 0.3) is 0 Å². The van der Waals surface area contributed by atoms with Gasteiger partial charge in [0.15, 0.2) is 0 Å². The van der Waals surface area contributed by atoms with Gasteiger partial charge in [-0.3, -0.25) is 14.4 Å². The van der Waals surface area contributed by atoms with E-state index in [9.17, 15) is 14.4 Å². The van der Waals surface area contributed by atoms with Crippen LogP contribution in [0.1, 0.15) is 33.1 Å². The monoisotopic (exact) mass is 325 g/mol. The number of carbonyl (C=O) groups is 3. The van der Waals surface area contributed by atoms with Gasteiger partial charge in [0, 0.05) is 45.2 Å². The van der Waals surface area contributed by atoms with Gasteiger partial charge in [-0.25, -0.2) is 0 Å². The molecule has 1 unspecified atom stereocenters. The quantitative estimate of drug-likeness (QED) is 0.771. The molecule has 2 aliphatic heterocycles. The van der Waals surface area contributed by atoms with Gasteiger partial charge < -0.3 is 19.9 Å². The maximum Gasteiger partial charge on any atom is 0.246 e. The molecule has 2 rings (SSSR count). The summed E-state index contributed by atoms with van der Waals surface area (Å²) in [5.74, 6) is -0.195. The number of nitrogens with zero attached hydrogens (tertiary/aromatic N) is 2. The van der Waals surface area contributed by atoms with Gasteiger partial charge in [-0.2, -0.15) is 0 Å². The summed E-state index contributed by atoms with van der Waals surface area (Å²) in [7, 11) is 1.49. The zero-order valence-corrected chi connectivity index (χ0v) is 14.2. The first kappa shape index (κ1) is 17.7. The van der Waals surface area contributed by atoms with E-state index in [1.54, 1.807) is 4.90 Å². The lowest BCUT2D eigenvalue weighted by Crippen LogP contribution is -2.49. The Bertz CT molecular complexity index is 458. The Morgan fingerprint density at radius 3 is 2.48 bits per heavy atom. The van der Waals surface area contributed by atoms with Crippen LogP contribution in [0.2, 0.25) is 0 Å². The first-order valence-electron chi connectivity index (χ1n) is 8.29. The number of carbonyl (C=O) groups excluding carboxylic acids is 3. The predicted molar refractivity (Wildman–Crippen MR) is 84.6 cm³/mol. The lowest BCUT2D eigenvalue weighted by molar-refractivity contribution is -0.137. The first-order valence-corrected chi connectivity index (χ1v) is 8.29. The Labute approximate surface area is 137 Å². The molecule has 0 aromatic rings. The van der Waals surface area contributed by atoms with Gasteiger partial charge in [0.1, 0.15) is 6.61 Å². The van der Waals surface area contributed by atoms with E-state index in [1.807, 2.05) is 18.7 Å². The fourth-order valence-electron chi connectivity index (χ4n) is 3.30. The highest BCUT2D eigenvalue weighted by molar-refractivity contribution is 5.89. The molecule has 23 heavy (non-hydrogen) atoms. The number of amides is 3. The molecule has 7 heteroatoms. The molecule has 0 radical (unpaired) electrons. The largest absolute Gasteiger partial charge is 0.375 e. The number of hydrogen-bond donors (Lipinski definition) is 1. The molecule has 0 aliphatic carbocycles. The average molecular weight is 325 g/mol. The van der Waals surface area contributed by atoms with Crippen molar-refractivity contribution < 1.29 is 19.1 Å². The first-order chi connectivity index (χ1) is 10.9. The second kappa shape index (κ2) is 7.77. The summed E-state index contributed by atoms with van der Waals surface area (Å²) in [6.45, 7) is 5.79. The van der Waals surface area contributed by atoms with Crippen LogP contribution >= 0.6 is 0 Å². The fraction of sp³-hybridized carbons (Fsp3) is 0.812. The van der Waals surface area contributed by atoms with E-state index in [0.717, 1.165) is 12.8 Å². The molecule has 2 aliphatic rings. The molecule has 0 spiro atoms. The van der Waals surface area contributed by atoms with Crippen molar-refractivity contribution in [2.24, 2.45) is 5.92 Å². The molecule has 2 fully saturated rings. The van der Waals surface area contributed by atoms with Crippen molar-refractivity contribution >= 4 is 17.7 Å². The van der Waals surface area contributed by atoms with Crippen LogP contribution in [0.4, 0.5) is 0 Å². The summed E-state index contributed by atoms with van der Waals surface area (Å²) in [6, 6.07) is 0.237. The highest BCUT2D eigenvalue weighted by Crippen LogP contribution is 2.23. The smallest absolute Gasteiger partial charge is 0.246 e. The number of ether oxygens (including phenoxy) is 1. The summed E-state index contributed by atoms with van der Waals surface area (Å²) in [5.41, 5.74) is 0. The van der Waals surface area contributed by atoms with Gasteiger partial charge in [0.05, 0.1) is 5.92 Å². The van der Waals surface area contributed by atoms with Gasteiger partial charge in [-0.1, -0.05) is 0 Å². The maximum atomic E-state index is 12.6. The third-order valence-electron chi connectivity index (χ3n) is 4.58. The van der Waals surface area contributed by atoms with E-state index >= 15 is 0 Å². The standard InChI is InChI=1S/C16H27N3O4/c1-11(2)19-9-12(8-15(19)21)16(22)18-6-4-13(5-7-18)17-14(20)10-23-3/h11-13H,4-10H2,1-3H3,(H,17,20). The van der Waals surface area contributed by atoms with E-state index in [-0.39, 0.29) is 42.3 Å². The molecular weight excluding hydrogens is 298 g/mol. The van der Waals surface area contributed by atoms with Gasteiger partial charge >= 0.3 is 0 Å². The van der Waals surface area contributed by atoms with Crippen LogP contribution in [0, 0.1) is 5.92 Å². The minimum Gasteiger partial charge on any atom is -0.375 e. The maximum absolute atomic E-state index is 12.6. The summed E-state index contributed by atoms with van der Waals surface area (Å²) in [6.07, 6.45) is 1.81. The SMILES string of the molecule is COCC(=O)NC1CCN(C(=O)C2CC(=O)N(C(C)C)C2)CC1. The number of nitrogens with one attached hydrogen (secondary N) is 1. The van der Waals surface area contributed by atoms with Crippen molar-refractivity contribution in [2.75, 3.05) is 33.4 Å². The van der Waals surface area contributed by atoms with Crippen LogP contribution in [-0.4, -0.2) is 73.0 Å². The Morgan fingerprint density at radius 1 is 1.30 bits per heavy atom. The number of likely N-dealkylation sites (tertiary alicyclic amines) is 2. The molecule has 0 bridgehead atoms.